The second-order valence-electron chi connectivity index (χ2n) is 2.53. The molecule has 1 aromatic rings. The quantitative estimate of drug-likeness (QED) is 0.629. The second kappa shape index (κ2) is 3.31. The topological polar surface area (TPSA) is 23.8 Å². The molecule has 1 rings (SSSR count). The fourth-order valence-electron chi connectivity index (χ4n) is 0.963. The fourth-order valence-corrected chi connectivity index (χ4v) is 0.963. The van der Waals surface area contributed by atoms with Crippen LogP contribution in [0.4, 0.5) is 8.78 Å². The first kappa shape index (κ1) is 8.66. The average Bonchev–Trinajstić information content (AvgIpc) is 2.01. The van der Waals surface area contributed by atoms with Crippen LogP contribution in [0.3, 0.4) is 0 Å². The van der Waals surface area contributed by atoms with Crippen molar-refractivity contribution >= 4 is 0 Å². The van der Waals surface area contributed by atoms with Crippen molar-refractivity contribution in [2.24, 2.45) is 0 Å². The van der Waals surface area contributed by atoms with E-state index in [1.807, 2.05) is 6.07 Å². The van der Waals surface area contributed by atoms with Gasteiger partial charge in [-0.25, -0.2) is 8.78 Å². The first-order valence-electron chi connectivity index (χ1n) is 3.46. The molecule has 0 saturated carbocycles. The molecule has 0 N–H and O–H groups in total. The molecule has 0 fully saturated rings. The van der Waals surface area contributed by atoms with Crippen molar-refractivity contribution in [3.05, 3.63) is 34.9 Å². The van der Waals surface area contributed by atoms with Crippen molar-refractivity contribution in [2.45, 2.75) is 13.3 Å². The van der Waals surface area contributed by atoms with Gasteiger partial charge in [-0.15, -0.1) is 0 Å². The zero-order valence-electron chi connectivity index (χ0n) is 6.56. The van der Waals surface area contributed by atoms with Crippen LogP contribution in [0, 0.1) is 29.9 Å². The summed E-state index contributed by atoms with van der Waals surface area (Å²) in [6.07, 6.45) is 0.114. The summed E-state index contributed by atoms with van der Waals surface area (Å²) in [5.74, 6) is -1.76. The number of hydrogen-bond donors (Lipinski definition) is 0. The van der Waals surface area contributed by atoms with Crippen molar-refractivity contribution in [1.82, 2.24) is 0 Å². The molecule has 0 heterocycles. The smallest absolute Gasteiger partial charge is 0.159 e. The Morgan fingerprint density at radius 1 is 1.33 bits per heavy atom. The Balaban J connectivity index is 3.16. The van der Waals surface area contributed by atoms with Gasteiger partial charge in [0.25, 0.3) is 0 Å². The first-order chi connectivity index (χ1) is 5.65. The average molecular weight is 167 g/mol. The van der Waals surface area contributed by atoms with Crippen LogP contribution in [0.5, 0.6) is 0 Å². The van der Waals surface area contributed by atoms with E-state index in [4.69, 9.17) is 5.26 Å². The van der Waals surface area contributed by atoms with E-state index in [-0.39, 0.29) is 6.42 Å². The van der Waals surface area contributed by atoms with Crippen LogP contribution in [-0.2, 0) is 6.42 Å². The van der Waals surface area contributed by atoms with Gasteiger partial charge in [0.2, 0.25) is 0 Å². The maximum atomic E-state index is 12.6. The summed E-state index contributed by atoms with van der Waals surface area (Å²) in [5, 5.41) is 8.34. The minimum Gasteiger partial charge on any atom is -0.204 e. The van der Waals surface area contributed by atoms with Crippen LogP contribution in [-0.4, -0.2) is 0 Å². The third-order valence-electron chi connectivity index (χ3n) is 1.65. The van der Waals surface area contributed by atoms with Crippen molar-refractivity contribution in [2.75, 3.05) is 0 Å². The lowest BCUT2D eigenvalue weighted by Crippen LogP contribution is -1.92. The standard InChI is InChI=1S/C9H7F2N/c1-6-4-8(10)9(11)5-7(6)2-3-12/h4-5H,2H2,1H3. The third-order valence-corrected chi connectivity index (χ3v) is 1.65. The summed E-state index contributed by atoms with van der Waals surface area (Å²) in [5.41, 5.74) is 1.15. The predicted molar refractivity (Wildman–Crippen MR) is 40.4 cm³/mol. The molecule has 0 spiro atoms. The summed E-state index contributed by atoms with van der Waals surface area (Å²) < 4.78 is 25.1. The molecule has 1 nitrogen and oxygen atoms in total. The van der Waals surface area contributed by atoms with E-state index in [1.165, 1.54) is 0 Å². The molecule has 0 aromatic heterocycles. The maximum absolute atomic E-state index is 12.6. The van der Waals surface area contributed by atoms with Crippen molar-refractivity contribution in [1.29, 1.82) is 5.26 Å². The molecule has 0 aliphatic carbocycles. The van der Waals surface area contributed by atoms with E-state index in [9.17, 15) is 8.78 Å². The first-order valence-corrected chi connectivity index (χ1v) is 3.46. The van der Waals surface area contributed by atoms with Crippen LogP contribution in [0.1, 0.15) is 11.1 Å². The van der Waals surface area contributed by atoms with E-state index in [0.717, 1.165) is 12.1 Å². The summed E-state index contributed by atoms with van der Waals surface area (Å²) in [4.78, 5) is 0. The van der Waals surface area contributed by atoms with E-state index < -0.39 is 11.6 Å². The zero-order chi connectivity index (χ0) is 9.14. The molecular weight excluding hydrogens is 160 g/mol. The highest BCUT2D eigenvalue weighted by molar-refractivity contribution is 5.29. The largest absolute Gasteiger partial charge is 0.204 e. The highest BCUT2D eigenvalue weighted by Gasteiger charge is 2.05. The second-order valence-corrected chi connectivity index (χ2v) is 2.53. The Hall–Kier alpha value is -1.43. The number of nitriles is 1. The molecule has 0 aliphatic heterocycles. The summed E-state index contributed by atoms with van der Waals surface area (Å²) in [6, 6.07) is 4.04. The van der Waals surface area contributed by atoms with Crippen LogP contribution < -0.4 is 0 Å². The highest BCUT2D eigenvalue weighted by Crippen LogP contribution is 2.14. The van der Waals surface area contributed by atoms with Gasteiger partial charge in [-0.2, -0.15) is 5.26 Å². The number of aryl methyl sites for hydroxylation is 1. The number of benzene rings is 1. The van der Waals surface area contributed by atoms with Gasteiger partial charge in [-0.1, -0.05) is 0 Å². The molecule has 0 aliphatic rings. The van der Waals surface area contributed by atoms with E-state index in [0.29, 0.717) is 11.1 Å². The molecule has 0 saturated heterocycles. The van der Waals surface area contributed by atoms with E-state index in [2.05, 4.69) is 0 Å². The van der Waals surface area contributed by atoms with Gasteiger partial charge in [0.15, 0.2) is 11.6 Å². The SMILES string of the molecule is Cc1cc(F)c(F)cc1CC#N. The monoisotopic (exact) mass is 167 g/mol. The van der Waals surface area contributed by atoms with E-state index in [1.54, 1.807) is 6.92 Å². The molecule has 1 aromatic carbocycles. The minimum atomic E-state index is -0.897. The van der Waals surface area contributed by atoms with Crippen LogP contribution in [0.2, 0.25) is 0 Å². The number of halogens is 2. The summed E-state index contributed by atoms with van der Waals surface area (Å²) in [7, 11) is 0. The van der Waals surface area contributed by atoms with Gasteiger partial charge in [0, 0.05) is 0 Å². The van der Waals surface area contributed by atoms with Crippen LogP contribution in [0.15, 0.2) is 12.1 Å². The summed E-state index contributed by atoms with van der Waals surface area (Å²) >= 11 is 0. The van der Waals surface area contributed by atoms with Gasteiger partial charge in [-0.3, -0.25) is 0 Å². The molecule has 0 atom stereocenters. The lowest BCUT2D eigenvalue weighted by Gasteiger charge is -2.01. The maximum Gasteiger partial charge on any atom is 0.159 e. The Morgan fingerprint density at radius 2 is 1.92 bits per heavy atom. The Morgan fingerprint density at radius 3 is 2.50 bits per heavy atom. The van der Waals surface area contributed by atoms with E-state index >= 15 is 0 Å². The molecule has 0 unspecified atom stereocenters. The number of nitrogens with zero attached hydrogens (tertiary/aromatic N) is 1. The molecule has 3 heteroatoms. The van der Waals surface area contributed by atoms with Crippen molar-refractivity contribution in [3.63, 3.8) is 0 Å². The van der Waals surface area contributed by atoms with Gasteiger partial charge in [0.1, 0.15) is 0 Å². The van der Waals surface area contributed by atoms with Crippen molar-refractivity contribution < 1.29 is 8.78 Å². The normalized spacial score (nSPS) is 9.50. The number of rotatable bonds is 1. The van der Waals surface area contributed by atoms with Gasteiger partial charge in [0.05, 0.1) is 12.5 Å². The lowest BCUT2D eigenvalue weighted by atomic mass is 10.1. The molecule has 0 radical (unpaired) electrons. The highest BCUT2D eigenvalue weighted by atomic mass is 19.2. The Kier molecular flexibility index (Phi) is 2.39. The zero-order valence-corrected chi connectivity index (χ0v) is 6.56. The summed E-state index contributed by atoms with van der Waals surface area (Å²) in [6.45, 7) is 1.65. The fraction of sp³-hybridized carbons (Fsp3) is 0.222. The van der Waals surface area contributed by atoms with Gasteiger partial charge >= 0.3 is 0 Å². The van der Waals surface area contributed by atoms with Crippen LogP contribution in [0.25, 0.3) is 0 Å². The molecular formula is C9H7F2N. The Bertz CT molecular complexity index is 339. The predicted octanol–water partition coefficient (Wildman–Crippen LogP) is 2.34. The molecule has 0 amide bonds. The van der Waals surface area contributed by atoms with Gasteiger partial charge in [-0.05, 0) is 30.2 Å². The molecule has 62 valence electrons. The Labute approximate surface area is 69.2 Å². The number of hydrogen-bond acceptors (Lipinski definition) is 1. The molecule has 12 heavy (non-hydrogen) atoms. The lowest BCUT2D eigenvalue weighted by molar-refractivity contribution is 0.506. The van der Waals surface area contributed by atoms with Crippen LogP contribution >= 0.6 is 0 Å². The van der Waals surface area contributed by atoms with Crippen molar-refractivity contribution in [3.8, 4) is 6.07 Å². The molecule has 0 bridgehead atoms. The minimum absolute atomic E-state index is 0.114. The third kappa shape index (κ3) is 1.59. The van der Waals surface area contributed by atoms with Gasteiger partial charge < -0.3 is 0 Å².